The Kier molecular flexibility index (Phi) is 9.00. The van der Waals surface area contributed by atoms with Gasteiger partial charge in [0, 0.05) is 25.2 Å². The molecule has 1 unspecified atom stereocenters. The molecule has 5 nitrogen and oxygen atoms in total. The summed E-state index contributed by atoms with van der Waals surface area (Å²) in [5.74, 6) is -1.30. The Morgan fingerprint density at radius 1 is 1.10 bits per heavy atom. The Hall–Kier alpha value is -1.77. The van der Waals surface area contributed by atoms with Crippen molar-refractivity contribution in [3.63, 3.8) is 0 Å². The minimum atomic E-state index is -0.845. The van der Waals surface area contributed by atoms with Gasteiger partial charge in [-0.05, 0) is 36.2 Å². The zero-order valence-corrected chi connectivity index (χ0v) is 18.0. The van der Waals surface area contributed by atoms with Gasteiger partial charge in [-0.25, -0.2) is 8.78 Å². The van der Waals surface area contributed by atoms with Crippen LogP contribution in [0.1, 0.15) is 22.7 Å². The van der Waals surface area contributed by atoms with Crippen LogP contribution in [0.5, 0.6) is 0 Å². The van der Waals surface area contributed by atoms with Gasteiger partial charge in [-0.3, -0.25) is 9.69 Å². The van der Waals surface area contributed by atoms with Crippen molar-refractivity contribution in [2.75, 3.05) is 38.2 Å². The van der Waals surface area contributed by atoms with Crippen molar-refractivity contribution < 1.29 is 18.3 Å². The molecule has 0 spiro atoms. The van der Waals surface area contributed by atoms with Gasteiger partial charge in [-0.2, -0.15) is 0 Å². The molecule has 2 N–H and O–H groups in total. The van der Waals surface area contributed by atoms with E-state index in [2.05, 4.69) is 10.6 Å². The molecule has 0 saturated carbocycles. The van der Waals surface area contributed by atoms with Crippen molar-refractivity contribution in [2.45, 2.75) is 19.0 Å². The Morgan fingerprint density at radius 3 is 2.57 bits per heavy atom. The number of carbonyl (C=O) groups excluding carboxylic acids is 1. The topological polar surface area (TPSA) is 53.6 Å². The molecule has 164 valence electrons. The highest BCUT2D eigenvalue weighted by molar-refractivity contribution is 5.96. The first-order valence-corrected chi connectivity index (χ1v) is 9.53. The fourth-order valence-electron chi connectivity index (χ4n) is 3.87. The van der Waals surface area contributed by atoms with Crippen LogP contribution in [0.4, 0.5) is 14.5 Å². The summed E-state index contributed by atoms with van der Waals surface area (Å²) in [5, 5.41) is 5.90. The zero-order chi connectivity index (χ0) is 19.5. The molecule has 2 aliphatic heterocycles. The van der Waals surface area contributed by atoms with Gasteiger partial charge in [-0.1, -0.05) is 24.3 Å². The molecule has 30 heavy (non-hydrogen) atoms. The third-order valence-corrected chi connectivity index (χ3v) is 5.32. The summed E-state index contributed by atoms with van der Waals surface area (Å²) < 4.78 is 34.8. The highest BCUT2D eigenvalue weighted by Crippen LogP contribution is 2.29. The maximum Gasteiger partial charge on any atom is 0.246 e. The summed E-state index contributed by atoms with van der Waals surface area (Å²) in [6.07, 6.45) is 0.574. The number of halogens is 4. The third-order valence-electron chi connectivity index (χ3n) is 5.32. The number of hydrogen-bond donors (Lipinski definition) is 2. The molecule has 2 aromatic rings. The van der Waals surface area contributed by atoms with Gasteiger partial charge in [0.2, 0.25) is 5.91 Å². The number of benzene rings is 2. The Labute approximate surface area is 187 Å². The first kappa shape index (κ1) is 24.5. The zero-order valence-electron chi connectivity index (χ0n) is 16.3. The lowest BCUT2D eigenvalue weighted by Gasteiger charge is -2.34. The van der Waals surface area contributed by atoms with Crippen LogP contribution in [0.3, 0.4) is 0 Å². The van der Waals surface area contributed by atoms with Crippen LogP contribution in [0, 0.1) is 11.6 Å². The van der Waals surface area contributed by atoms with Gasteiger partial charge >= 0.3 is 0 Å². The number of amides is 1. The van der Waals surface area contributed by atoms with Crippen molar-refractivity contribution >= 4 is 36.4 Å². The molecule has 2 heterocycles. The van der Waals surface area contributed by atoms with Crippen LogP contribution in [-0.2, 0) is 22.5 Å². The van der Waals surface area contributed by atoms with Crippen LogP contribution in [-0.4, -0.2) is 43.7 Å². The maximum absolute atomic E-state index is 15.0. The van der Waals surface area contributed by atoms with E-state index >= 15 is 0 Å². The van der Waals surface area contributed by atoms with E-state index in [1.165, 1.54) is 6.07 Å². The SMILES string of the molecule is Cl.Cl.O=C(Nc1ccc2c(c1F)CCNC2)C(c1ccccc1F)N1CCOCC1. The summed E-state index contributed by atoms with van der Waals surface area (Å²) in [6.45, 7) is 3.27. The summed E-state index contributed by atoms with van der Waals surface area (Å²) in [5.41, 5.74) is 1.95. The first-order valence-electron chi connectivity index (χ1n) is 9.53. The molecule has 2 aromatic carbocycles. The molecule has 1 amide bonds. The standard InChI is InChI=1S/C21H23F2N3O2.2ClH/c22-17-4-2-1-3-16(17)20(26-9-11-28-12-10-26)21(27)25-18-6-5-14-13-24-8-7-15(14)19(18)23;;/h1-6,20,24H,7-13H2,(H,25,27);2*1H. The van der Waals surface area contributed by atoms with E-state index in [-0.39, 0.29) is 36.1 Å². The van der Waals surface area contributed by atoms with E-state index < -0.39 is 23.6 Å². The van der Waals surface area contributed by atoms with Crippen molar-refractivity contribution in [3.8, 4) is 0 Å². The fraction of sp³-hybridized carbons (Fsp3) is 0.381. The second-order valence-corrected chi connectivity index (χ2v) is 7.05. The second kappa shape index (κ2) is 11.0. The van der Waals surface area contributed by atoms with Crippen molar-refractivity contribution in [1.29, 1.82) is 0 Å². The minimum absolute atomic E-state index is 0. The van der Waals surface area contributed by atoms with Crippen molar-refractivity contribution in [3.05, 3.63) is 64.7 Å². The number of hydrogen-bond acceptors (Lipinski definition) is 4. The van der Waals surface area contributed by atoms with Gasteiger partial charge in [0.25, 0.3) is 0 Å². The lowest BCUT2D eigenvalue weighted by molar-refractivity contribution is -0.123. The first-order chi connectivity index (χ1) is 13.6. The molecule has 4 rings (SSSR count). The largest absolute Gasteiger partial charge is 0.379 e. The molecule has 0 aromatic heterocycles. The van der Waals surface area contributed by atoms with Crippen molar-refractivity contribution in [2.24, 2.45) is 0 Å². The fourth-order valence-corrected chi connectivity index (χ4v) is 3.87. The smallest absolute Gasteiger partial charge is 0.246 e. The highest BCUT2D eigenvalue weighted by atomic mass is 35.5. The lowest BCUT2D eigenvalue weighted by Crippen LogP contribution is -2.44. The predicted molar refractivity (Wildman–Crippen MR) is 116 cm³/mol. The molecule has 0 bridgehead atoms. The molecule has 9 heteroatoms. The molecule has 1 saturated heterocycles. The monoisotopic (exact) mass is 459 g/mol. The third kappa shape index (κ3) is 5.10. The molecule has 2 aliphatic rings. The number of fused-ring (bicyclic) bond motifs is 1. The molecule has 1 fully saturated rings. The van der Waals surface area contributed by atoms with Crippen LogP contribution in [0.2, 0.25) is 0 Å². The summed E-state index contributed by atoms with van der Waals surface area (Å²) >= 11 is 0. The van der Waals surface area contributed by atoms with Gasteiger partial charge in [0.05, 0.1) is 18.9 Å². The van der Waals surface area contributed by atoms with E-state index in [4.69, 9.17) is 4.74 Å². The molecular weight excluding hydrogens is 435 g/mol. The number of carbonyl (C=O) groups is 1. The Bertz CT molecular complexity index is 879. The van der Waals surface area contributed by atoms with E-state index in [0.29, 0.717) is 51.4 Å². The highest BCUT2D eigenvalue weighted by Gasteiger charge is 2.32. The minimum Gasteiger partial charge on any atom is -0.379 e. The average Bonchev–Trinajstić information content (AvgIpc) is 2.73. The summed E-state index contributed by atoms with van der Waals surface area (Å²) in [7, 11) is 0. The van der Waals surface area contributed by atoms with Crippen LogP contribution < -0.4 is 10.6 Å². The van der Waals surface area contributed by atoms with Crippen LogP contribution >= 0.6 is 24.8 Å². The average molecular weight is 460 g/mol. The quantitative estimate of drug-likeness (QED) is 0.734. The number of rotatable bonds is 4. The normalized spacial score (nSPS) is 17.1. The van der Waals surface area contributed by atoms with Crippen LogP contribution in [0.15, 0.2) is 36.4 Å². The number of nitrogens with one attached hydrogen (secondary N) is 2. The molecule has 0 radical (unpaired) electrons. The number of nitrogens with zero attached hydrogens (tertiary/aromatic N) is 1. The van der Waals surface area contributed by atoms with E-state index in [1.807, 2.05) is 11.0 Å². The van der Waals surface area contributed by atoms with E-state index in [0.717, 1.165) is 5.56 Å². The Balaban J connectivity index is 0.00000160. The second-order valence-electron chi connectivity index (χ2n) is 7.05. The molecule has 1 atom stereocenters. The Morgan fingerprint density at radius 2 is 1.83 bits per heavy atom. The number of anilines is 1. The van der Waals surface area contributed by atoms with Gasteiger partial charge in [0.1, 0.15) is 17.7 Å². The van der Waals surface area contributed by atoms with Gasteiger partial charge in [0.15, 0.2) is 0 Å². The lowest BCUT2D eigenvalue weighted by atomic mass is 9.99. The predicted octanol–water partition coefficient (Wildman–Crippen LogP) is 3.47. The van der Waals surface area contributed by atoms with Gasteiger partial charge < -0.3 is 15.4 Å². The maximum atomic E-state index is 15.0. The summed E-state index contributed by atoms with van der Waals surface area (Å²) in [6, 6.07) is 8.79. The number of morpholine rings is 1. The van der Waals surface area contributed by atoms with E-state index in [1.54, 1.807) is 24.3 Å². The van der Waals surface area contributed by atoms with Gasteiger partial charge in [-0.15, -0.1) is 24.8 Å². The molecular formula is C21H25Cl2F2N3O2. The van der Waals surface area contributed by atoms with E-state index in [9.17, 15) is 13.6 Å². The van der Waals surface area contributed by atoms with Crippen LogP contribution in [0.25, 0.3) is 0 Å². The molecule has 0 aliphatic carbocycles. The number of ether oxygens (including phenoxy) is 1. The van der Waals surface area contributed by atoms with Crippen molar-refractivity contribution in [1.82, 2.24) is 10.2 Å². The summed E-state index contributed by atoms with van der Waals surface area (Å²) in [4.78, 5) is 15.0.